The van der Waals surface area contributed by atoms with Gasteiger partial charge in [0.2, 0.25) is 10.0 Å². The Bertz CT molecular complexity index is 576. The molecule has 1 unspecified atom stereocenters. The third-order valence-corrected chi connectivity index (χ3v) is 6.21. The van der Waals surface area contributed by atoms with E-state index in [9.17, 15) is 13.5 Å². The summed E-state index contributed by atoms with van der Waals surface area (Å²) >= 11 is 0. The normalized spacial score (nSPS) is 21.7. The van der Waals surface area contributed by atoms with Crippen LogP contribution in [0, 0.1) is 5.41 Å². The van der Waals surface area contributed by atoms with Crippen LogP contribution in [0.15, 0.2) is 29.2 Å². The third-order valence-electron chi connectivity index (χ3n) is 4.30. The number of hydrogen-bond acceptors (Lipinski definition) is 3. The van der Waals surface area contributed by atoms with E-state index >= 15 is 0 Å². The van der Waals surface area contributed by atoms with E-state index in [1.807, 2.05) is 0 Å². The van der Waals surface area contributed by atoms with Gasteiger partial charge in [0.15, 0.2) is 0 Å². The minimum Gasteiger partial charge on any atom is -0.389 e. The van der Waals surface area contributed by atoms with Gasteiger partial charge in [-0.25, -0.2) is 8.42 Å². The van der Waals surface area contributed by atoms with E-state index in [-0.39, 0.29) is 5.41 Å². The van der Waals surface area contributed by atoms with Crippen LogP contribution in [-0.2, 0) is 10.0 Å². The van der Waals surface area contributed by atoms with Crippen LogP contribution in [-0.4, -0.2) is 30.9 Å². The number of sulfonamides is 1. The smallest absolute Gasteiger partial charge is 0.243 e. The van der Waals surface area contributed by atoms with Crippen LogP contribution in [0.2, 0.25) is 0 Å². The molecule has 1 heterocycles. The Morgan fingerprint density at radius 3 is 2.33 bits per heavy atom. The maximum Gasteiger partial charge on any atom is 0.243 e. The highest BCUT2D eigenvalue weighted by Crippen LogP contribution is 2.32. The van der Waals surface area contributed by atoms with Gasteiger partial charge in [0.05, 0.1) is 11.0 Å². The molecule has 118 valence electrons. The molecule has 1 fully saturated rings. The molecule has 1 atom stereocenters. The zero-order valence-electron chi connectivity index (χ0n) is 13.0. The first-order valence-corrected chi connectivity index (χ1v) is 8.95. The molecule has 0 amide bonds. The molecular weight excluding hydrogens is 286 g/mol. The number of hydrogen-bond donors (Lipinski definition) is 1. The van der Waals surface area contributed by atoms with Crippen molar-refractivity contribution in [2.24, 2.45) is 5.41 Å². The summed E-state index contributed by atoms with van der Waals surface area (Å²) in [7, 11) is -3.43. The summed E-state index contributed by atoms with van der Waals surface area (Å²) < 4.78 is 27.0. The van der Waals surface area contributed by atoms with Gasteiger partial charge < -0.3 is 5.11 Å². The van der Waals surface area contributed by atoms with Gasteiger partial charge in [0.25, 0.3) is 0 Å². The van der Waals surface area contributed by atoms with E-state index in [4.69, 9.17) is 0 Å². The van der Waals surface area contributed by atoms with Crippen LogP contribution in [0.5, 0.6) is 0 Å². The van der Waals surface area contributed by atoms with Crippen molar-refractivity contribution in [1.82, 2.24) is 4.31 Å². The largest absolute Gasteiger partial charge is 0.389 e. The lowest BCUT2D eigenvalue weighted by Gasteiger charge is -2.23. The second-order valence-electron chi connectivity index (χ2n) is 6.67. The van der Waals surface area contributed by atoms with Crippen LogP contribution in [0.1, 0.15) is 51.7 Å². The van der Waals surface area contributed by atoms with Gasteiger partial charge in [0, 0.05) is 13.1 Å². The lowest BCUT2D eigenvalue weighted by Crippen LogP contribution is -2.32. The molecule has 0 spiro atoms. The Morgan fingerprint density at radius 1 is 1.14 bits per heavy atom. The van der Waals surface area contributed by atoms with Crippen molar-refractivity contribution >= 4 is 10.0 Å². The standard InChI is InChI=1S/C16H25NO3S/c1-13(18)14-5-7-15(8-6-14)21(19,20)17-11-4-9-16(2,3)10-12-17/h5-8,13,18H,4,9-12H2,1-3H3. The topological polar surface area (TPSA) is 57.6 Å². The van der Waals surface area contributed by atoms with Gasteiger partial charge in [-0.3, -0.25) is 0 Å². The van der Waals surface area contributed by atoms with Gasteiger partial charge in [-0.2, -0.15) is 4.31 Å². The molecule has 1 aliphatic rings. The van der Waals surface area contributed by atoms with E-state index in [0.717, 1.165) is 24.8 Å². The van der Waals surface area contributed by atoms with E-state index in [1.54, 1.807) is 35.5 Å². The number of aliphatic hydroxyl groups is 1. The molecule has 1 aromatic carbocycles. The maximum atomic E-state index is 12.7. The van der Waals surface area contributed by atoms with Crippen LogP contribution in [0.3, 0.4) is 0 Å². The Labute approximate surface area is 127 Å². The summed E-state index contributed by atoms with van der Waals surface area (Å²) in [5.74, 6) is 0. The highest BCUT2D eigenvalue weighted by molar-refractivity contribution is 7.89. The van der Waals surface area contributed by atoms with Crippen molar-refractivity contribution in [1.29, 1.82) is 0 Å². The van der Waals surface area contributed by atoms with Crippen molar-refractivity contribution in [2.45, 2.75) is 51.0 Å². The maximum absolute atomic E-state index is 12.7. The average molecular weight is 311 g/mol. The number of benzene rings is 1. The Hall–Kier alpha value is -0.910. The predicted octanol–water partition coefficient (Wildman–Crippen LogP) is 2.94. The molecule has 0 bridgehead atoms. The summed E-state index contributed by atoms with van der Waals surface area (Å²) in [5.41, 5.74) is 0.937. The highest BCUT2D eigenvalue weighted by atomic mass is 32.2. The summed E-state index contributed by atoms with van der Waals surface area (Å²) in [6, 6.07) is 6.54. The fourth-order valence-electron chi connectivity index (χ4n) is 2.71. The number of rotatable bonds is 3. The fraction of sp³-hybridized carbons (Fsp3) is 0.625. The summed E-state index contributed by atoms with van der Waals surface area (Å²) in [6.07, 6.45) is 2.26. The van der Waals surface area contributed by atoms with Gasteiger partial charge in [-0.15, -0.1) is 0 Å². The van der Waals surface area contributed by atoms with Crippen LogP contribution < -0.4 is 0 Å². The molecule has 1 aliphatic heterocycles. The van der Waals surface area contributed by atoms with Crippen LogP contribution in [0.4, 0.5) is 0 Å². The monoisotopic (exact) mass is 311 g/mol. The SMILES string of the molecule is CC(O)c1ccc(S(=O)(=O)N2CCCC(C)(C)CC2)cc1. The molecule has 0 radical (unpaired) electrons. The number of aliphatic hydroxyl groups excluding tert-OH is 1. The summed E-state index contributed by atoms with van der Waals surface area (Å²) in [4.78, 5) is 0.312. The molecule has 21 heavy (non-hydrogen) atoms. The molecule has 1 N–H and O–H groups in total. The van der Waals surface area contributed by atoms with Crippen molar-refractivity contribution < 1.29 is 13.5 Å². The van der Waals surface area contributed by atoms with Crippen molar-refractivity contribution in [3.63, 3.8) is 0 Å². The number of nitrogens with zero attached hydrogens (tertiary/aromatic N) is 1. The van der Waals surface area contributed by atoms with E-state index in [1.165, 1.54) is 0 Å². The van der Waals surface area contributed by atoms with Crippen LogP contribution >= 0.6 is 0 Å². The minimum absolute atomic E-state index is 0.209. The Balaban J connectivity index is 2.21. The minimum atomic E-state index is -3.43. The molecule has 1 aromatic rings. The Morgan fingerprint density at radius 2 is 1.76 bits per heavy atom. The van der Waals surface area contributed by atoms with Gasteiger partial charge >= 0.3 is 0 Å². The zero-order chi connectivity index (χ0) is 15.7. The second kappa shape index (κ2) is 6.07. The highest BCUT2D eigenvalue weighted by Gasteiger charge is 2.30. The summed E-state index contributed by atoms with van der Waals surface area (Å²) in [5, 5.41) is 9.50. The third kappa shape index (κ3) is 3.84. The molecule has 5 heteroatoms. The van der Waals surface area contributed by atoms with E-state index < -0.39 is 16.1 Å². The van der Waals surface area contributed by atoms with Gasteiger partial charge in [-0.1, -0.05) is 26.0 Å². The van der Waals surface area contributed by atoms with Gasteiger partial charge in [0.1, 0.15) is 0 Å². The van der Waals surface area contributed by atoms with E-state index in [0.29, 0.717) is 18.0 Å². The lowest BCUT2D eigenvalue weighted by molar-refractivity contribution is 0.199. The molecule has 4 nitrogen and oxygen atoms in total. The van der Waals surface area contributed by atoms with Crippen molar-refractivity contribution in [3.8, 4) is 0 Å². The Kier molecular flexibility index (Phi) is 4.76. The van der Waals surface area contributed by atoms with E-state index in [2.05, 4.69) is 13.8 Å². The van der Waals surface area contributed by atoms with Crippen molar-refractivity contribution in [3.05, 3.63) is 29.8 Å². The molecule has 0 saturated carbocycles. The molecule has 0 aromatic heterocycles. The quantitative estimate of drug-likeness (QED) is 0.933. The summed E-state index contributed by atoms with van der Waals surface area (Å²) in [6.45, 7) is 7.22. The first kappa shape index (κ1) is 16.5. The first-order valence-electron chi connectivity index (χ1n) is 7.51. The lowest BCUT2D eigenvalue weighted by atomic mass is 9.85. The average Bonchev–Trinajstić information content (AvgIpc) is 2.60. The van der Waals surface area contributed by atoms with Crippen molar-refractivity contribution in [2.75, 3.05) is 13.1 Å². The van der Waals surface area contributed by atoms with Crippen LogP contribution in [0.25, 0.3) is 0 Å². The molecule has 2 rings (SSSR count). The molecule has 0 aliphatic carbocycles. The molecular formula is C16H25NO3S. The second-order valence-corrected chi connectivity index (χ2v) is 8.60. The predicted molar refractivity (Wildman–Crippen MR) is 83.5 cm³/mol. The fourth-order valence-corrected chi connectivity index (χ4v) is 4.19. The zero-order valence-corrected chi connectivity index (χ0v) is 13.9. The molecule has 1 saturated heterocycles. The first-order chi connectivity index (χ1) is 9.72. The van der Waals surface area contributed by atoms with Gasteiger partial charge in [-0.05, 0) is 49.3 Å².